The van der Waals surface area contributed by atoms with Crippen LogP contribution in [-0.2, 0) is 7.05 Å². The van der Waals surface area contributed by atoms with Crippen LogP contribution in [0.1, 0.15) is 36.9 Å². The van der Waals surface area contributed by atoms with E-state index in [9.17, 15) is 15.2 Å². The van der Waals surface area contributed by atoms with Gasteiger partial charge in [-0.25, -0.2) is 0 Å². The van der Waals surface area contributed by atoms with E-state index < -0.39 is 5.60 Å². The molecule has 1 aliphatic rings. The van der Waals surface area contributed by atoms with Gasteiger partial charge in [-0.2, -0.15) is 5.26 Å². The molecule has 3 aromatic rings. The Morgan fingerprint density at radius 3 is 2.61 bits per heavy atom. The quantitative estimate of drug-likeness (QED) is 0.577. The molecule has 4 rings (SSSR count). The zero-order chi connectivity index (χ0) is 22.3. The zero-order valence-corrected chi connectivity index (χ0v) is 19.6. The van der Waals surface area contributed by atoms with E-state index in [0.717, 1.165) is 21.1 Å². The first-order valence-corrected chi connectivity index (χ1v) is 11.2. The largest absolute Gasteiger partial charge is 0.389 e. The van der Waals surface area contributed by atoms with Crippen LogP contribution in [-0.4, -0.2) is 33.3 Å². The Kier molecular flexibility index (Phi) is 5.82. The SMILES string of the molecule is CC(c1ccc(Cl)cn1)C1(O)CCN(c2c(C#N)c(=O)n(C)c3c(Br)cccc23)CC1. The van der Waals surface area contributed by atoms with Gasteiger partial charge in [0.15, 0.2) is 0 Å². The van der Waals surface area contributed by atoms with E-state index in [1.807, 2.05) is 36.1 Å². The van der Waals surface area contributed by atoms with Crippen molar-refractivity contribution < 1.29 is 5.11 Å². The number of aromatic nitrogens is 2. The highest BCUT2D eigenvalue weighted by Crippen LogP contribution is 2.39. The first kappa shape index (κ1) is 21.8. The van der Waals surface area contributed by atoms with Crippen molar-refractivity contribution in [3.8, 4) is 6.07 Å². The number of aliphatic hydroxyl groups is 1. The van der Waals surface area contributed by atoms with Gasteiger partial charge in [-0.05, 0) is 47.0 Å². The lowest BCUT2D eigenvalue weighted by Crippen LogP contribution is -2.48. The highest BCUT2D eigenvalue weighted by molar-refractivity contribution is 9.10. The predicted molar refractivity (Wildman–Crippen MR) is 126 cm³/mol. The summed E-state index contributed by atoms with van der Waals surface area (Å²) in [6, 6.07) is 11.4. The number of piperidine rings is 1. The van der Waals surface area contributed by atoms with Gasteiger partial charge in [0.05, 0.1) is 21.8 Å². The molecule has 1 N–H and O–H groups in total. The number of anilines is 1. The first-order valence-electron chi connectivity index (χ1n) is 10.1. The molecule has 3 heterocycles. The second-order valence-electron chi connectivity index (χ2n) is 8.05. The molecular formula is C23H22BrClN4O2. The van der Waals surface area contributed by atoms with E-state index in [4.69, 9.17) is 11.6 Å². The summed E-state index contributed by atoms with van der Waals surface area (Å²) in [5.74, 6) is -0.170. The molecule has 1 unspecified atom stereocenters. The fourth-order valence-electron chi connectivity index (χ4n) is 4.45. The molecule has 31 heavy (non-hydrogen) atoms. The van der Waals surface area contributed by atoms with Crippen LogP contribution in [0.5, 0.6) is 0 Å². The molecule has 1 aliphatic heterocycles. The van der Waals surface area contributed by atoms with Crippen LogP contribution >= 0.6 is 27.5 Å². The van der Waals surface area contributed by atoms with E-state index in [2.05, 4.69) is 27.0 Å². The first-order chi connectivity index (χ1) is 14.8. The molecule has 0 radical (unpaired) electrons. The van der Waals surface area contributed by atoms with E-state index >= 15 is 0 Å². The minimum Gasteiger partial charge on any atom is -0.389 e. The summed E-state index contributed by atoms with van der Waals surface area (Å²) in [6.07, 6.45) is 2.58. The number of rotatable bonds is 3. The molecule has 1 fully saturated rings. The van der Waals surface area contributed by atoms with Gasteiger partial charge in [0.2, 0.25) is 0 Å². The Labute approximate surface area is 193 Å². The molecular weight excluding hydrogens is 480 g/mol. The summed E-state index contributed by atoms with van der Waals surface area (Å²) in [6.45, 7) is 3.02. The number of benzene rings is 1. The topological polar surface area (TPSA) is 82.2 Å². The van der Waals surface area contributed by atoms with Gasteiger partial charge in [-0.3, -0.25) is 9.78 Å². The standard InChI is InChI=1S/C23H22BrClN4O2/c1-14(19-7-6-15(25)13-27-19)23(31)8-10-29(11-9-23)20-16-4-3-5-18(24)21(16)28(2)22(30)17(20)12-26/h3-7,13-14,31H,8-11H2,1-2H3. The Bertz CT molecular complexity index is 1240. The molecule has 0 saturated carbocycles. The number of nitriles is 1. The van der Waals surface area contributed by atoms with Crippen LogP contribution in [0, 0.1) is 11.3 Å². The fraction of sp³-hybridized carbons (Fsp3) is 0.348. The highest BCUT2D eigenvalue weighted by atomic mass is 79.9. The number of para-hydroxylation sites is 1. The van der Waals surface area contributed by atoms with Crippen LogP contribution in [0.2, 0.25) is 5.02 Å². The van der Waals surface area contributed by atoms with Crippen molar-refractivity contribution in [2.45, 2.75) is 31.3 Å². The summed E-state index contributed by atoms with van der Waals surface area (Å²) in [4.78, 5) is 19.3. The molecule has 8 heteroatoms. The third-order valence-electron chi connectivity index (χ3n) is 6.39. The average molecular weight is 502 g/mol. The highest BCUT2D eigenvalue weighted by Gasteiger charge is 2.39. The van der Waals surface area contributed by atoms with Crippen LogP contribution in [0.3, 0.4) is 0 Å². The Morgan fingerprint density at radius 2 is 2.00 bits per heavy atom. The molecule has 1 atom stereocenters. The van der Waals surface area contributed by atoms with Gasteiger partial charge in [0.1, 0.15) is 11.6 Å². The van der Waals surface area contributed by atoms with Crippen LogP contribution in [0.25, 0.3) is 10.9 Å². The van der Waals surface area contributed by atoms with Crippen molar-refractivity contribution in [1.82, 2.24) is 9.55 Å². The summed E-state index contributed by atoms with van der Waals surface area (Å²) in [5.41, 5.74) is 1.06. The smallest absolute Gasteiger partial charge is 0.270 e. The van der Waals surface area contributed by atoms with Gasteiger partial charge in [-0.15, -0.1) is 0 Å². The van der Waals surface area contributed by atoms with E-state index in [-0.39, 0.29) is 17.0 Å². The molecule has 2 aromatic heterocycles. The average Bonchev–Trinajstić information content (AvgIpc) is 2.77. The monoisotopic (exact) mass is 500 g/mol. The Balaban J connectivity index is 1.70. The van der Waals surface area contributed by atoms with Gasteiger partial charge >= 0.3 is 0 Å². The molecule has 6 nitrogen and oxygen atoms in total. The van der Waals surface area contributed by atoms with Gasteiger partial charge in [0, 0.05) is 47.8 Å². The lowest BCUT2D eigenvalue weighted by molar-refractivity contribution is -0.00662. The molecule has 0 spiro atoms. The second-order valence-corrected chi connectivity index (χ2v) is 9.34. The maximum atomic E-state index is 12.9. The molecule has 0 bridgehead atoms. The van der Waals surface area contributed by atoms with Gasteiger partial charge < -0.3 is 14.6 Å². The minimum absolute atomic E-state index is 0.131. The molecule has 1 aromatic carbocycles. The normalized spacial score (nSPS) is 16.8. The van der Waals surface area contributed by atoms with Crippen molar-refractivity contribution in [3.05, 3.63) is 67.6 Å². The number of nitrogens with zero attached hydrogens (tertiary/aromatic N) is 4. The third kappa shape index (κ3) is 3.73. The lowest BCUT2D eigenvalue weighted by Gasteiger charge is -2.43. The number of hydrogen-bond donors (Lipinski definition) is 1. The second kappa shape index (κ2) is 8.27. The van der Waals surface area contributed by atoms with Gasteiger partial charge in [-0.1, -0.05) is 30.7 Å². The number of hydrogen-bond acceptors (Lipinski definition) is 5. The van der Waals surface area contributed by atoms with E-state index in [0.29, 0.717) is 36.6 Å². The Hall–Kier alpha value is -2.40. The van der Waals surface area contributed by atoms with Crippen molar-refractivity contribution in [2.75, 3.05) is 18.0 Å². The van der Waals surface area contributed by atoms with E-state index in [1.54, 1.807) is 19.3 Å². The maximum absolute atomic E-state index is 12.9. The van der Waals surface area contributed by atoms with Crippen LogP contribution in [0.15, 0.2) is 45.8 Å². The fourth-order valence-corrected chi connectivity index (χ4v) is 5.19. The summed E-state index contributed by atoms with van der Waals surface area (Å²) in [7, 11) is 1.68. The maximum Gasteiger partial charge on any atom is 0.270 e. The number of pyridine rings is 2. The Morgan fingerprint density at radius 1 is 1.29 bits per heavy atom. The lowest BCUT2D eigenvalue weighted by atomic mass is 9.78. The molecule has 0 aliphatic carbocycles. The molecule has 160 valence electrons. The summed E-state index contributed by atoms with van der Waals surface area (Å²) < 4.78 is 2.31. The zero-order valence-electron chi connectivity index (χ0n) is 17.3. The van der Waals surface area contributed by atoms with Gasteiger partial charge in [0.25, 0.3) is 5.56 Å². The minimum atomic E-state index is -0.930. The van der Waals surface area contributed by atoms with Crippen molar-refractivity contribution in [2.24, 2.45) is 7.05 Å². The third-order valence-corrected chi connectivity index (χ3v) is 7.25. The number of fused-ring (bicyclic) bond motifs is 1. The summed E-state index contributed by atoms with van der Waals surface area (Å²) in [5, 5.41) is 22.5. The van der Waals surface area contributed by atoms with Crippen molar-refractivity contribution in [3.63, 3.8) is 0 Å². The molecule has 1 saturated heterocycles. The number of aryl methyl sites for hydroxylation is 1. The molecule has 0 amide bonds. The predicted octanol–water partition coefficient (Wildman–Crippen LogP) is 4.36. The van der Waals surface area contributed by atoms with Crippen LogP contribution in [0.4, 0.5) is 5.69 Å². The van der Waals surface area contributed by atoms with Crippen LogP contribution < -0.4 is 10.5 Å². The number of halogens is 2. The van der Waals surface area contributed by atoms with Crippen molar-refractivity contribution in [1.29, 1.82) is 5.26 Å². The van der Waals surface area contributed by atoms with E-state index in [1.165, 1.54) is 4.57 Å². The van der Waals surface area contributed by atoms with Crippen molar-refractivity contribution >= 4 is 44.1 Å². The summed E-state index contributed by atoms with van der Waals surface area (Å²) >= 11 is 9.48.